The Bertz CT molecular complexity index is 321. The Labute approximate surface area is 81.0 Å². The molecule has 0 spiro atoms. The van der Waals surface area contributed by atoms with E-state index in [-0.39, 0.29) is 0 Å². The zero-order valence-electron chi connectivity index (χ0n) is 8.85. The molecule has 13 heavy (non-hydrogen) atoms. The zero-order valence-corrected chi connectivity index (χ0v) is 8.85. The van der Waals surface area contributed by atoms with Crippen molar-refractivity contribution in [2.75, 3.05) is 0 Å². The van der Waals surface area contributed by atoms with E-state index in [4.69, 9.17) is 0 Å². The molecule has 0 N–H and O–H groups in total. The maximum Gasteiger partial charge on any atom is -0.0101 e. The molecule has 1 aromatic carbocycles. The molecule has 0 aromatic heterocycles. The maximum absolute atomic E-state index is 2.36. The summed E-state index contributed by atoms with van der Waals surface area (Å²) in [4.78, 5) is 0. The lowest BCUT2D eigenvalue weighted by molar-refractivity contribution is 0.432. The summed E-state index contributed by atoms with van der Waals surface area (Å²) in [7, 11) is 0. The standard InChI is InChI=1S/C13H18/c1-10-6-7-12-11(9-10)5-4-8-13(12,2)3/h6-7,9H,4-5,8H2,1-3H3. The van der Waals surface area contributed by atoms with Crippen LogP contribution in [0.2, 0.25) is 0 Å². The zero-order chi connectivity index (χ0) is 9.47. The van der Waals surface area contributed by atoms with Crippen molar-refractivity contribution < 1.29 is 0 Å². The van der Waals surface area contributed by atoms with E-state index in [0.29, 0.717) is 5.41 Å². The maximum atomic E-state index is 2.36. The molecule has 1 aliphatic carbocycles. The monoisotopic (exact) mass is 174 g/mol. The molecule has 0 heteroatoms. The highest BCUT2D eigenvalue weighted by atomic mass is 14.3. The highest BCUT2D eigenvalue weighted by molar-refractivity contribution is 5.38. The van der Waals surface area contributed by atoms with Crippen LogP contribution in [0.3, 0.4) is 0 Å². The van der Waals surface area contributed by atoms with E-state index < -0.39 is 0 Å². The third kappa shape index (κ3) is 1.50. The summed E-state index contributed by atoms with van der Waals surface area (Å²) < 4.78 is 0. The lowest BCUT2D eigenvalue weighted by Crippen LogP contribution is -2.23. The summed E-state index contributed by atoms with van der Waals surface area (Å²) in [6.45, 7) is 6.91. The van der Waals surface area contributed by atoms with Crippen molar-refractivity contribution in [1.82, 2.24) is 0 Å². The number of hydrogen-bond acceptors (Lipinski definition) is 0. The van der Waals surface area contributed by atoms with Gasteiger partial charge in [-0.2, -0.15) is 0 Å². The predicted octanol–water partition coefficient (Wildman–Crippen LogP) is 3.61. The molecule has 1 aliphatic rings. The van der Waals surface area contributed by atoms with E-state index in [2.05, 4.69) is 39.0 Å². The molecular weight excluding hydrogens is 156 g/mol. The van der Waals surface area contributed by atoms with E-state index in [0.717, 1.165) is 0 Å². The van der Waals surface area contributed by atoms with Crippen molar-refractivity contribution in [2.24, 2.45) is 0 Å². The molecule has 0 unspecified atom stereocenters. The Morgan fingerprint density at radius 1 is 1.23 bits per heavy atom. The van der Waals surface area contributed by atoms with Gasteiger partial charge in [0.25, 0.3) is 0 Å². The molecule has 0 saturated carbocycles. The van der Waals surface area contributed by atoms with Gasteiger partial charge in [0, 0.05) is 0 Å². The van der Waals surface area contributed by atoms with Gasteiger partial charge in [-0.15, -0.1) is 0 Å². The van der Waals surface area contributed by atoms with Crippen molar-refractivity contribution in [3.8, 4) is 0 Å². The highest BCUT2D eigenvalue weighted by Crippen LogP contribution is 2.36. The average Bonchev–Trinajstić information content (AvgIpc) is 2.02. The summed E-state index contributed by atoms with van der Waals surface area (Å²) in [5.74, 6) is 0. The second-order valence-corrected chi connectivity index (χ2v) is 4.90. The van der Waals surface area contributed by atoms with Crippen LogP contribution in [0.5, 0.6) is 0 Å². The first-order valence-corrected chi connectivity index (χ1v) is 5.20. The van der Waals surface area contributed by atoms with Crippen LogP contribution < -0.4 is 0 Å². The van der Waals surface area contributed by atoms with E-state index in [1.165, 1.54) is 24.8 Å². The van der Waals surface area contributed by atoms with Crippen molar-refractivity contribution in [3.63, 3.8) is 0 Å². The van der Waals surface area contributed by atoms with Crippen molar-refractivity contribution in [3.05, 3.63) is 34.9 Å². The number of aryl methyl sites for hydroxylation is 2. The van der Waals surface area contributed by atoms with Crippen LogP contribution >= 0.6 is 0 Å². The Kier molecular flexibility index (Phi) is 1.94. The molecule has 0 bridgehead atoms. The second-order valence-electron chi connectivity index (χ2n) is 4.90. The van der Waals surface area contributed by atoms with Gasteiger partial charge in [0.15, 0.2) is 0 Å². The molecule has 0 nitrogen and oxygen atoms in total. The third-order valence-corrected chi connectivity index (χ3v) is 3.24. The highest BCUT2D eigenvalue weighted by Gasteiger charge is 2.26. The SMILES string of the molecule is Cc1ccc2c(c1)CCCC2(C)C. The van der Waals surface area contributed by atoms with Crippen molar-refractivity contribution in [1.29, 1.82) is 0 Å². The van der Waals surface area contributed by atoms with Crippen LogP contribution in [-0.4, -0.2) is 0 Å². The van der Waals surface area contributed by atoms with Crippen LogP contribution in [0.4, 0.5) is 0 Å². The Hall–Kier alpha value is -0.780. The van der Waals surface area contributed by atoms with Gasteiger partial charge < -0.3 is 0 Å². The minimum absolute atomic E-state index is 0.404. The van der Waals surface area contributed by atoms with Gasteiger partial charge >= 0.3 is 0 Å². The van der Waals surface area contributed by atoms with Gasteiger partial charge in [0.05, 0.1) is 0 Å². The quantitative estimate of drug-likeness (QED) is 0.563. The molecule has 0 aliphatic heterocycles. The molecule has 70 valence electrons. The van der Waals surface area contributed by atoms with Crippen LogP contribution in [0, 0.1) is 6.92 Å². The predicted molar refractivity (Wildman–Crippen MR) is 57.1 cm³/mol. The largest absolute Gasteiger partial charge is 0.0590 e. The average molecular weight is 174 g/mol. The van der Waals surface area contributed by atoms with Gasteiger partial charge in [-0.1, -0.05) is 37.6 Å². The van der Waals surface area contributed by atoms with E-state index in [1.54, 1.807) is 11.1 Å². The fraction of sp³-hybridized carbons (Fsp3) is 0.538. The van der Waals surface area contributed by atoms with Gasteiger partial charge in [0.2, 0.25) is 0 Å². The van der Waals surface area contributed by atoms with E-state index >= 15 is 0 Å². The van der Waals surface area contributed by atoms with Gasteiger partial charge in [-0.3, -0.25) is 0 Å². The molecule has 0 atom stereocenters. The summed E-state index contributed by atoms with van der Waals surface area (Å²) in [5, 5.41) is 0. The first-order valence-electron chi connectivity index (χ1n) is 5.20. The molecule has 0 saturated heterocycles. The normalized spacial score (nSPS) is 19.6. The Morgan fingerprint density at radius 3 is 2.77 bits per heavy atom. The first-order chi connectivity index (χ1) is 6.09. The molecular formula is C13H18. The minimum atomic E-state index is 0.404. The van der Waals surface area contributed by atoms with Crippen LogP contribution in [0.15, 0.2) is 18.2 Å². The van der Waals surface area contributed by atoms with E-state index in [1.807, 2.05) is 0 Å². The summed E-state index contributed by atoms with van der Waals surface area (Å²) in [6.07, 6.45) is 3.97. The minimum Gasteiger partial charge on any atom is -0.0590 e. The lowest BCUT2D eigenvalue weighted by atomic mass is 9.72. The van der Waals surface area contributed by atoms with Crippen molar-refractivity contribution in [2.45, 2.75) is 45.4 Å². The van der Waals surface area contributed by atoms with Crippen LogP contribution in [0.1, 0.15) is 43.4 Å². The summed E-state index contributed by atoms with van der Waals surface area (Å²) in [5.41, 5.74) is 4.96. The molecule has 0 fully saturated rings. The fourth-order valence-corrected chi connectivity index (χ4v) is 2.45. The Morgan fingerprint density at radius 2 is 2.00 bits per heavy atom. The lowest BCUT2D eigenvalue weighted by Gasteiger charge is -2.32. The first kappa shape index (κ1) is 8.80. The number of fused-ring (bicyclic) bond motifs is 1. The second kappa shape index (κ2) is 2.87. The molecule has 0 radical (unpaired) electrons. The molecule has 1 aromatic rings. The van der Waals surface area contributed by atoms with Gasteiger partial charge in [-0.25, -0.2) is 0 Å². The summed E-state index contributed by atoms with van der Waals surface area (Å²) in [6, 6.07) is 6.92. The number of benzene rings is 1. The molecule has 0 heterocycles. The van der Waals surface area contributed by atoms with Gasteiger partial charge in [-0.05, 0) is 42.7 Å². The Balaban J connectivity index is 2.53. The fourth-order valence-electron chi connectivity index (χ4n) is 2.45. The van der Waals surface area contributed by atoms with Crippen LogP contribution in [-0.2, 0) is 11.8 Å². The smallest absolute Gasteiger partial charge is 0.0101 e. The van der Waals surface area contributed by atoms with Crippen molar-refractivity contribution >= 4 is 0 Å². The molecule has 2 rings (SSSR count). The number of rotatable bonds is 0. The van der Waals surface area contributed by atoms with Gasteiger partial charge in [0.1, 0.15) is 0 Å². The van der Waals surface area contributed by atoms with E-state index in [9.17, 15) is 0 Å². The number of hydrogen-bond donors (Lipinski definition) is 0. The summed E-state index contributed by atoms with van der Waals surface area (Å²) >= 11 is 0. The molecule has 0 amide bonds. The topological polar surface area (TPSA) is 0 Å². The third-order valence-electron chi connectivity index (χ3n) is 3.24. The van der Waals surface area contributed by atoms with Crippen LogP contribution in [0.25, 0.3) is 0 Å².